The average Bonchev–Trinajstić information content (AvgIpc) is 2.88. The van der Waals surface area contributed by atoms with Crippen molar-refractivity contribution in [2.75, 3.05) is 6.67 Å². The Balaban J connectivity index is 1.11. The van der Waals surface area contributed by atoms with Gasteiger partial charge in [0, 0.05) is 0 Å². The zero-order valence-electron chi connectivity index (χ0n) is 21.2. The van der Waals surface area contributed by atoms with Crippen LogP contribution < -0.4 is 0 Å². The molecule has 0 aromatic heterocycles. The smallest absolute Gasteiger partial charge is 0.0894 e. The molecule has 3 fully saturated rings. The maximum absolute atomic E-state index is 12.4. The van der Waals surface area contributed by atoms with Crippen LogP contribution in [0.4, 0.5) is 4.39 Å². The van der Waals surface area contributed by atoms with Crippen molar-refractivity contribution in [2.45, 2.75) is 115 Å². The quantitative estimate of drug-likeness (QED) is 0.310. The van der Waals surface area contributed by atoms with E-state index in [1.807, 2.05) is 6.08 Å². The lowest BCUT2D eigenvalue weighted by molar-refractivity contribution is 0.149. The molecule has 0 saturated heterocycles. The lowest BCUT2D eigenvalue weighted by Gasteiger charge is -2.38. The Hall–Kier alpha value is -1.11. The van der Waals surface area contributed by atoms with E-state index in [2.05, 4.69) is 30.8 Å². The van der Waals surface area contributed by atoms with Gasteiger partial charge < -0.3 is 0 Å². The fraction of sp³-hybridized carbons (Fsp3) is 0.750. The van der Waals surface area contributed by atoms with Crippen LogP contribution in [0.3, 0.4) is 0 Å². The van der Waals surface area contributed by atoms with E-state index in [0.29, 0.717) is 0 Å². The highest BCUT2D eigenvalue weighted by Crippen LogP contribution is 2.45. The van der Waals surface area contributed by atoms with Gasteiger partial charge >= 0.3 is 0 Å². The molecule has 3 aliphatic rings. The summed E-state index contributed by atoms with van der Waals surface area (Å²) in [5, 5.41) is 0. The van der Waals surface area contributed by atoms with E-state index in [1.54, 1.807) is 5.56 Å². The van der Waals surface area contributed by atoms with Crippen LogP contribution in [0.25, 0.3) is 0 Å². The van der Waals surface area contributed by atoms with Crippen molar-refractivity contribution in [3.05, 3.63) is 48.0 Å². The molecule has 1 aromatic carbocycles. The van der Waals surface area contributed by atoms with E-state index in [-0.39, 0.29) is 6.67 Å². The van der Waals surface area contributed by atoms with Gasteiger partial charge in [-0.3, -0.25) is 4.39 Å². The number of hydrogen-bond donors (Lipinski definition) is 0. The molecule has 1 aromatic rings. The van der Waals surface area contributed by atoms with Gasteiger partial charge in [-0.15, -0.1) is 6.58 Å². The number of benzene rings is 1. The minimum absolute atomic E-state index is 0.117. The van der Waals surface area contributed by atoms with Crippen LogP contribution in [-0.4, -0.2) is 6.67 Å². The molecule has 1 heteroatoms. The molecular formula is C32H49F. The number of allylic oxidation sites excluding steroid dienone is 1. The van der Waals surface area contributed by atoms with Gasteiger partial charge in [0.2, 0.25) is 0 Å². The molecule has 0 atom stereocenters. The van der Waals surface area contributed by atoms with E-state index < -0.39 is 0 Å². The van der Waals surface area contributed by atoms with Crippen LogP contribution in [0, 0.1) is 29.6 Å². The van der Waals surface area contributed by atoms with Gasteiger partial charge in [0.1, 0.15) is 0 Å². The number of alkyl halides is 1. The summed E-state index contributed by atoms with van der Waals surface area (Å²) in [6, 6.07) is 9.38. The normalized spacial score (nSPS) is 33.0. The van der Waals surface area contributed by atoms with Crippen molar-refractivity contribution >= 4 is 0 Å². The van der Waals surface area contributed by atoms with E-state index in [9.17, 15) is 4.39 Å². The van der Waals surface area contributed by atoms with E-state index >= 15 is 0 Å². The van der Waals surface area contributed by atoms with Crippen molar-refractivity contribution in [1.29, 1.82) is 0 Å². The molecule has 3 saturated carbocycles. The van der Waals surface area contributed by atoms with Crippen molar-refractivity contribution < 1.29 is 4.39 Å². The Bertz CT molecular complexity index is 667. The summed E-state index contributed by atoms with van der Waals surface area (Å²) >= 11 is 0. The van der Waals surface area contributed by atoms with Crippen molar-refractivity contribution in [3.8, 4) is 0 Å². The first-order chi connectivity index (χ1) is 16.2. The molecule has 0 heterocycles. The van der Waals surface area contributed by atoms with Gasteiger partial charge in [-0.25, -0.2) is 0 Å². The third kappa shape index (κ3) is 7.43. The summed E-state index contributed by atoms with van der Waals surface area (Å²) in [6.07, 6.45) is 25.2. The largest absolute Gasteiger partial charge is 0.251 e. The summed E-state index contributed by atoms with van der Waals surface area (Å²) in [4.78, 5) is 0. The number of halogens is 1. The molecule has 3 aliphatic carbocycles. The van der Waals surface area contributed by atoms with Gasteiger partial charge in [0.05, 0.1) is 6.67 Å². The molecular weight excluding hydrogens is 403 g/mol. The Morgan fingerprint density at radius 2 is 1.15 bits per heavy atom. The zero-order chi connectivity index (χ0) is 22.9. The number of hydrogen-bond acceptors (Lipinski definition) is 0. The minimum atomic E-state index is -0.117. The lowest BCUT2D eigenvalue weighted by Crippen LogP contribution is -2.25. The first kappa shape index (κ1) is 25.0. The molecule has 0 amide bonds. The van der Waals surface area contributed by atoms with Crippen molar-refractivity contribution in [2.24, 2.45) is 29.6 Å². The topological polar surface area (TPSA) is 0 Å². The Labute approximate surface area is 203 Å². The van der Waals surface area contributed by atoms with Gasteiger partial charge in [0.15, 0.2) is 0 Å². The third-order valence-electron chi connectivity index (χ3n) is 9.86. The molecule has 0 aliphatic heterocycles. The number of rotatable bonds is 10. The highest BCUT2D eigenvalue weighted by atomic mass is 19.1. The second-order valence-electron chi connectivity index (χ2n) is 11.9. The second kappa shape index (κ2) is 13.1. The predicted molar refractivity (Wildman–Crippen MR) is 140 cm³/mol. The van der Waals surface area contributed by atoms with Crippen molar-refractivity contribution in [1.82, 2.24) is 0 Å². The monoisotopic (exact) mass is 452 g/mol. The highest BCUT2D eigenvalue weighted by molar-refractivity contribution is 5.26. The Morgan fingerprint density at radius 3 is 1.67 bits per heavy atom. The van der Waals surface area contributed by atoms with Crippen LogP contribution >= 0.6 is 0 Å². The highest BCUT2D eigenvalue weighted by Gasteiger charge is 2.31. The maximum atomic E-state index is 12.4. The van der Waals surface area contributed by atoms with Crippen LogP contribution in [0.15, 0.2) is 36.9 Å². The summed E-state index contributed by atoms with van der Waals surface area (Å²) in [5.41, 5.74) is 2.96. The predicted octanol–water partition coefficient (Wildman–Crippen LogP) is 9.83. The van der Waals surface area contributed by atoms with Crippen LogP contribution in [0.2, 0.25) is 0 Å². The van der Waals surface area contributed by atoms with Gasteiger partial charge in [-0.1, -0.05) is 81.7 Å². The van der Waals surface area contributed by atoms with Crippen LogP contribution in [0.5, 0.6) is 0 Å². The van der Waals surface area contributed by atoms with Gasteiger partial charge in [-0.05, 0) is 104 Å². The molecule has 0 nitrogen and oxygen atoms in total. The Kier molecular flexibility index (Phi) is 9.93. The van der Waals surface area contributed by atoms with Gasteiger partial charge in [0.25, 0.3) is 0 Å². The first-order valence-electron chi connectivity index (χ1n) is 14.5. The molecule has 33 heavy (non-hydrogen) atoms. The SMILES string of the molecule is C=CCc1ccc(C2CCC(C3CCC(CCC4CCC(CCCF)CC4)CC3)CC2)cc1. The molecule has 0 N–H and O–H groups in total. The summed E-state index contributed by atoms with van der Waals surface area (Å²) in [5.74, 6) is 5.63. The first-order valence-corrected chi connectivity index (χ1v) is 14.5. The van der Waals surface area contributed by atoms with E-state index in [1.165, 1.54) is 95.5 Å². The van der Waals surface area contributed by atoms with E-state index in [0.717, 1.165) is 54.8 Å². The molecule has 0 spiro atoms. The van der Waals surface area contributed by atoms with Crippen LogP contribution in [0.1, 0.15) is 120 Å². The summed E-state index contributed by atoms with van der Waals surface area (Å²) < 4.78 is 12.4. The molecule has 184 valence electrons. The van der Waals surface area contributed by atoms with E-state index in [4.69, 9.17) is 0 Å². The molecule has 0 bridgehead atoms. The summed E-state index contributed by atoms with van der Waals surface area (Å²) in [6.45, 7) is 3.74. The fourth-order valence-corrected chi connectivity index (χ4v) is 7.61. The third-order valence-corrected chi connectivity index (χ3v) is 9.86. The van der Waals surface area contributed by atoms with Crippen LogP contribution in [-0.2, 0) is 6.42 Å². The lowest BCUT2D eigenvalue weighted by atomic mass is 9.67. The maximum Gasteiger partial charge on any atom is 0.0894 e. The second-order valence-corrected chi connectivity index (χ2v) is 11.9. The van der Waals surface area contributed by atoms with Crippen molar-refractivity contribution in [3.63, 3.8) is 0 Å². The average molecular weight is 453 g/mol. The minimum Gasteiger partial charge on any atom is -0.251 e. The standard InChI is InChI=1S/C32H49F/c1-2-4-25-12-16-29(17-13-25)31-20-22-32(23-21-31)30-18-14-28(15-19-30)11-10-27-8-6-26(7-9-27)5-3-24-33/h2,12-13,16-17,26-28,30-32H,1,3-11,14-15,18-24H2. The molecule has 0 unspecified atom stereocenters. The summed E-state index contributed by atoms with van der Waals surface area (Å²) in [7, 11) is 0. The van der Waals surface area contributed by atoms with Gasteiger partial charge in [-0.2, -0.15) is 0 Å². The fourth-order valence-electron chi connectivity index (χ4n) is 7.61. The molecule has 0 radical (unpaired) electrons. The zero-order valence-corrected chi connectivity index (χ0v) is 21.2. The Morgan fingerprint density at radius 1 is 0.667 bits per heavy atom. The molecule has 4 rings (SSSR count).